The molecule has 0 bridgehead atoms. The molecule has 3 rings (SSSR count). The van der Waals surface area contributed by atoms with Crippen LogP contribution in [0.4, 0.5) is 5.69 Å². The van der Waals surface area contributed by atoms with Crippen LogP contribution >= 0.6 is 0 Å². The van der Waals surface area contributed by atoms with Crippen molar-refractivity contribution in [1.82, 2.24) is 9.80 Å². The lowest BCUT2D eigenvalue weighted by atomic mass is 10.2. The van der Waals surface area contributed by atoms with Crippen LogP contribution in [0.2, 0.25) is 0 Å². The minimum absolute atomic E-state index is 0.0106. The van der Waals surface area contributed by atoms with Crippen LogP contribution in [0.25, 0.3) is 0 Å². The molecule has 30 heavy (non-hydrogen) atoms. The highest BCUT2D eigenvalue weighted by Gasteiger charge is 2.25. The molecule has 0 spiro atoms. The third-order valence-corrected chi connectivity index (χ3v) is 5.43. The lowest BCUT2D eigenvalue weighted by molar-refractivity contribution is -0.121. The minimum Gasteiger partial charge on any atom is -0.497 e. The van der Waals surface area contributed by atoms with Crippen molar-refractivity contribution < 1.29 is 19.0 Å². The van der Waals surface area contributed by atoms with E-state index in [4.69, 9.17) is 14.2 Å². The standard InChI is InChI=1S/C23H31N3O4/c1-18(23(27)24-19-4-6-20(28-2)7-5-19)26-14-12-25(13-15-26)16-17-30-22-10-8-21(29-3)9-11-22/h4-11,18H,12-17H2,1-3H3,(H,24,27)/t18-/m1/s1. The average Bonchev–Trinajstić information content (AvgIpc) is 2.80. The number of benzene rings is 2. The van der Waals surface area contributed by atoms with Crippen molar-refractivity contribution in [2.24, 2.45) is 0 Å². The van der Waals surface area contributed by atoms with Crippen LogP contribution in [0.1, 0.15) is 6.92 Å². The summed E-state index contributed by atoms with van der Waals surface area (Å²) in [5.74, 6) is 2.45. The number of nitrogens with zero attached hydrogens (tertiary/aromatic N) is 2. The zero-order chi connectivity index (χ0) is 21.3. The van der Waals surface area contributed by atoms with E-state index in [0.29, 0.717) is 6.61 Å². The molecule has 1 saturated heterocycles. The number of hydrogen-bond acceptors (Lipinski definition) is 6. The lowest BCUT2D eigenvalue weighted by Gasteiger charge is -2.37. The average molecular weight is 414 g/mol. The first kappa shape index (κ1) is 21.9. The Morgan fingerprint density at radius 2 is 1.43 bits per heavy atom. The van der Waals surface area contributed by atoms with Gasteiger partial charge in [0.2, 0.25) is 5.91 Å². The molecule has 0 unspecified atom stereocenters. The molecule has 1 aliphatic rings. The summed E-state index contributed by atoms with van der Waals surface area (Å²) >= 11 is 0. The Bertz CT molecular complexity index is 787. The molecule has 7 heteroatoms. The fourth-order valence-corrected chi connectivity index (χ4v) is 3.43. The molecular formula is C23H31N3O4. The van der Waals surface area contributed by atoms with Crippen molar-refractivity contribution in [2.45, 2.75) is 13.0 Å². The first-order chi connectivity index (χ1) is 14.6. The highest BCUT2D eigenvalue weighted by molar-refractivity contribution is 5.94. The van der Waals surface area contributed by atoms with Gasteiger partial charge >= 0.3 is 0 Å². The third kappa shape index (κ3) is 6.11. The topological polar surface area (TPSA) is 63.3 Å². The molecule has 0 aromatic heterocycles. The quantitative estimate of drug-likeness (QED) is 0.682. The van der Waals surface area contributed by atoms with Gasteiger partial charge in [0.15, 0.2) is 0 Å². The summed E-state index contributed by atoms with van der Waals surface area (Å²) < 4.78 is 16.1. The van der Waals surface area contributed by atoms with Crippen molar-refractivity contribution in [3.63, 3.8) is 0 Å². The van der Waals surface area contributed by atoms with Gasteiger partial charge < -0.3 is 19.5 Å². The Balaban J connectivity index is 1.37. The first-order valence-electron chi connectivity index (χ1n) is 10.3. The van der Waals surface area contributed by atoms with Crippen molar-refractivity contribution >= 4 is 11.6 Å². The van der Waals surface area contributed by atoms with Gasteiger partial charge in [-0.15, -0.1) is 0 Å². The third-order valence-electron chi connectivity index (χ3n) is 5.43. The Kier molecular flexibility index (Phi) is 7.93. The smallest absolute Gasteiger partial charge is 0.241 e. The normalized spacial score (nSPS) is 16.0. The summed E-state index contributed by atoms with van der Waals surface area (Å²) in [6, 6.07) is 14.8. The fourth-order valence-electron chi connectivity index (χ4n) is 3.43. The number of ether oxygens (including phenoxy) is 3. The van der Waals surface area contributed by atoms with Crippen LogP contribution in [-0.2, 0) is 4.79 Å². The van der Waals surface area contributed by atoms with E-state index in [9.17, 15) is 4.79 Å². The molecule has 162 valence electrons. The highest BCUT2D eigenvalue weighted by Crippen LogP contribution is 2.18. The van der Waals surface area contributed by atoms with Crippen LogP contribution in [0, 0.1) is 0 Å². The van der Waals surface area contributed by atoms with Crippen LogP contribution in [-0.4, -0.2) is 75.3 Å². The molecule has 1 aliphatic heterocycles. The van der Waals surface area contributed by atoms with Gasteiger partial charge in [-0.3, -0.25) is 14.6 Å². The molecule has 1 N–H and O–H groups in total. The van der Waals surface area contributed by atoms with E-state index in [0.717, 1.165) is 55.7 Å². The zero-order valence-electron chi connectivity index (χ0n) is 18.0. The van der Waals surface area contributed by atoms with Gasteiger partial charge in [0.05, 0.1) is 20.3 Å². The van der Waals surface area contributed by atoms with E-state index in [1.165, 1.54) is 0 Å². The monoisotopic (exact) mass is 413 g/mol. The molecular weight excluding hydrogens is 382 g/mol. The molecule has 0 radical (unpaired) electrons. The molecule has 2 aromatic carbocycles. The zero-order valence-corrected chi connectivity index (χ0v) is 18.0. The Labute approximate surface area is 178 Å². The van der Waals surface area contributed by atoms with E-state index in [2.05, 4.69) is 15.1 Å². The number of methoxy groups -OCH3 is 2. The Morgan fingerprint density at radius 3 is 2.00 bits per heavy atom. The summed E-state index contributed by atoms with van der Waals surface area (Å²) in [7, 11) is 3.28. The van der Waals surface area contributed by atoms with Crippen LogP contribution < -0.4 is 19.5 Å². The van der Waals surface area contributed by atoms with Crippen LogP contribution in [0.5, 0.6) is 17.2 Å². The van der Waals surface area contributed by atoms with Crippen molar-refractivity contribution in [3.8, 4) is 17.2 Å². The SMILES string of the molecule is COc1ccc(NC(=O)[C@@H](C)N2CCN(CCOc3ccc(OC)cc3)CC2)cc1. The van der Waals surface area contributed by atoms with Gasteiger partial charge in [0.25, 0.3) is 0 Å². The molecule has 1 amide bonds. The van der Waals surface area contributed by atoms with Gasteiger partial charge in [0, 0.05) is 38.4 Å². The van der Waals surface area contributed by atoms with Crippen molar-refractivity contribution in [3.05, 3.63) is 48.5 Å². The van der Waals surface area contributed by atoms with Gasteiger partial charge in [0.1, 0.15) is 23.9 Å². The van der Waals surface area contributed by atoms with E-state index >= 15 is 0 Å². The number of nitrogens with one attached hydrogen (secondary N) is 1. The number of anilines is 1. The fraction of sp³-hybridized carbons (Fsp3) is 0.435. The number of rotatable bonds is 9. The first-order valence-corrected chi connectivity index (χ1v) is 10.3. The summed E-state index contributed by atoms with van der Waals surface area (Å²) in [6.45, 7) is 7.03. The van der Waals surface area contributed by atoms with Gasteiger partial charge in [-0.25, -0.2) is 0 Å². The number of carbonyl (C=O) groups excluding carboxylic acids is 1. The maximum Gasteiger partial charge on any atom is 0.241 e. The minimum atomic E-state index is -0.176. The number of hydrogen-bond donors (Lipinski definition) is 1. The van der Waals surface area contributed by atoms with Gasteiger partial charge in [-0.05, 0) is 55.5 Å². The molecule has 2 aromatic rings. The highest BCUT2D eigenvalue weighted by atomic mass is 16.5. The second-order valence-electron chi connectivity index (χ2n) is 7.30. The predicted octanol–water partition coefficient (Wildman–Crippen LogP) is 2.73. The number of carbonyl (C=O) groups is 1. The summed E-state index contributed by atoms with van der Waals surface area (Å²) in [4.78, 5) is 17.2. The molecule has 0 aliphatic carbocycles. The molecule has 7 nitrogen and oxygen atoms in total. The summed E-state index contributed by atoms with van der Waals surface area (Å²) in [5, 5.41) is 2.98. The largest absolute Gasteiger partial charge is 0.497 e. The van der Waals surface area contributed by atoms with Gasteiger partial charge in [-0.2, -0.15) is 0 Å². The number of piperazine rings is 1. The van der Waals surface area contributed by atoms with Crippen molar-refractivity contribution in [1.29, 1.82) is 0 Å². The Morgan fingerprint density at radius 1 is 0.900 bits per heavy atom. The number of amides is 1. The molecule has 1 atom stereocenters. The summed E-state index contributed by atoms with van der Waals surface area (Å²) in [6.07, 6.45) is 0. The lowest BCUT2D eigenvalue weighted by Crippen LogP contribution is -2.53. The van der Waals surface area contributed by atoms with Crippen molar-refractivity contribution in [2.75, 3.05) is 58.9 Å². The molecule has 1 fully saturated rings. The van der Waals surface area contributed by atoms with Gasteiger partial charge in [-0.1, -0.05) is 0 Å². The van der Waals surface area contributed by atoms with E-state index < -0.39 is 0 Å². The Hall–Kier alpha value is -2.77. The van der Waals surface area contributed by atoms with E-state index in [-0.39, 0.29) is 11.9 Å². The second kappa shape index (κ2) is 10.8. The predicted molar refractivity (Wildman–Crippen MR) is 118 cm³/mol. The van der Waals surface area contributed by atoms with E-state index in [1.54, 1.807) is 14.2 Å². The maximum absolute atomic E-state index is 12.6. The molecule has 0 saturated carbocycles. The second-order valence-corrected chi connectivity index (χ2v) is 7.30. The molecule has 1 heterocycles. The summed E-state index contributed by atoms with van der Waals surface area (Å²) in [5.41, 5.74) is 0.780. The maximum atomic E-state index is 12.6. The van der Waals surface area contributed by atoms with Crippen LogP contribution in [0.3, 0.4) is 0 Å². The van der Waals surface area contributed by atoms with E-state index in [1.807, 2.05) is 55.5 Å². The van der Waals surface area contributed by atoms with Crippen LogP contribution in [0.15, 0.2) is 48.5 Å².